The average Bonchev–Trinajstić information content (AvgIpc) is 2.95. The number of aliphatic hydroxyl groups excluding tert-OH is 1. The highest BCUT2D eigenvalue weighted by molar-refractivity contribution is 5.29. The van der Waals surface area contributed by atoms with Crippen LogP contribution < -0.4 is 4.74 Å². The van der Waals surface area contributed by atoms with Gasteiger partial charge in [-0.3, -0.25) is 0 Å². The maximum absolute atomic E-state index is 10.5. The van der Waals surface area contributed by atoms with Gasteiger partial charge in [0.15, 0.2) is 0 Å². The number of methoxy groups -OCH3 is 1. The Hall–Kier alpha value is -1.81. The highest BCUT2D eigenvalue weighted by atomic mass is 16.5. The molecule has 1 heterocycles. The summed E-state index contributed by atoms with van der Waals surface area (Å²) in [4.78, 5) is 4.37. The maximum atomic E-state index is 10.5. The second kappa shape index (κ2) is 6.09. The third-order valence-electron chi connectivity index (χ3n) is 3.57. The number of aliphatic hydroxyl groups is 1. The van der Waals surface area contributed by atoms with E-state index in [1.807, 2.05) is 42.0 Å². The average molecular weight is 274 g/mol. The fourth-order valence-electron chi connectivity index (χ4n) is 2.35. The quantitative estimate of drug-likeness (QED) is 0.910. The van der Waals surface area contributed by atoms with Gasteiger partial charge in [-0.1, -0.05) is 26.0 Å². The third-order valence-corrected chi connectivity index (χ3v) is 3.57. The third kappa shape index (κ3) is 2.85. The molecule has 1 aromatic heterocycles. The van der Waals surface area contributed by atoms with Crippen LogP contribution in [-0.4, -0.2) is 21.8 Å². The Kier molecular flexibility index (Phi) is 4.45. The van der Waals surface area contributed by atoms with E-state index in [0.717, 1.165) is 17.1 Å². The molecule has 0 aliphatic carbocycles. The first-order valence-electron chi connectivity index (χ1n) is 6.89. The summed E-state index contributed by atoms with van der Waals surface area (Å²) in [6, 6.07) is 7.45. The lowest BCUT2D eigenvalue weighted by Crippen LogP contribution is -2.17. The van der Waals surface area contributed by atoms with E-state index in [0.29, 0.717) is 5.92 Å². The van der Waals surface area contributed by atoms with Crippen molar-refractivity contribution in [2.45, 2.75) is 38.8 Å². The molecule has 0 bridgehead atoms. The molecule has 1 aromatic carbocycles. The SMILES string of the molecule is COc1ccc(C(O)C(C)n2ccnc2C(C)C)cc1. The van der Waals surface area contributed by atoms with Crippen molar-refractivity contribution in [3.63, 3.8) is 0 Å². The largest absolute Gasteiger partial charge is 0.497 e. The Labute approximate surface area is 120 Å². The standard InChI is InChI=1S/C16H22N2O2/c1-11(2)16-17-9-10-18(16)12(3)15(19)13-5-7-14(20-4)8-6-13/h5-12,15,19H,1-4H3. The number of hydrogen-bond donors (Lipinski definition) is 1. The van der Waals surface area contributed by atoms with Gasteiger partial charge in [0.25, 0.3) is 0 Å². The number of hydrogen-bond acceptors (Lipinski definition) is 3. The molecule has 0 saturated heterocycles. The zero-order chi connectivity index (χ0) is 14.7. The number of benzene rings is 1. The van der Waals surface area contributed by atoms with Gasteiger partial charge in [-0.05, 0) is 24.6 Å². The van der Waals surface area contributed by atoms with E-state index in [2.05, 4.69) is 18.8 Å². The molecule has 2 unspecified atom stereocenters. The predicted octanol–water partition coefficient (Wildman–Crippen LogP) is 3.31. The van der Waals surface area contributed by atoms with Crippen LogP contribution in [0.15, 0.2) is 36.7 Å². The van der Waals surface area contributed by atoms with Gasteiger partial charge < -0.3 is 14.4 Å². The van der Waals surface area contributed by atoms with Crippen LogP contribution >= 0.6 is 0 Å². The summed E-state index contributed by atoms with van der Waals surface area (Å²) in [5, 5.41) is 10.5. The van der Waals surface area contributed by atoms with Crippen molar-refractivity contribution in [1.82, 2.24) is 9.55 Å². The van der Waals surface area contributed by atoms with Gasteiger partial charge in [-0.15, -0.1) is 0 Å². The molecule has 0 aliphatic rings. The van der Waals surface area contributed by atoms with Crippen molar-refractivity contribution >= 4 is 0 Å². The van der Waals surface area contributed by atoms with Gasteiger partial charge in [-0.2, -0.15) is 0 Å². The van der Waals surface area contributed by atoms with E-state index < -0.39 is 6.10 Å². The van der Waals surface area contributed by atoms with Gasteiger partial charge in [0.2, 0.25) is 0 Å². The molecule has 4 heteroatoms. The maximum Gasteiger partial charge on any atom is 0.118 e. The van der Waals surface area contributed by atoms with E-state index in [1.165, 1.54) is 0 Å². The van der Waals surface area contributed by atoms with Crippen LogP contribution in [0.5, 0.6) is 5.75 Å². The second-order valence-electron chi connectivity index (χ2n) is 5.31. The molecule has 1 N–H and O–H groups in total. The minimum Gasteiger partial charge on any atom is -0.497 e. The predicted molar refractivity (Wildman–Crippen MR) is 79.0 cm³/mol. The van der Waals surface area contributed by atoms with Crippen LogP contribution in [0.3, 0.4) is 0 Å². The summed E-state index contributed by atoms with van der Waals surface area (Å²) in [6.07, 6.45) is 3.13. The van der Waals surface area contributed by atoms with Crippen molar-refractivity contribution in [1.29, 1.82) is 0 Å². The molecular weight excluding hydrogens is 252 g/mol. The lowest BCUT2D eigenvalue weighted by atomic mass is 10.0. The van der Waals surface area contributed by atoms with E-state index in [-0.39, 0.29) is 6.04 Å². The molecule has 108 valence electrons. The molecule has 0 radical (unpaired) electrons. The first-order chi connectivity index (χ1) is 9.54. The Balaban J connectivity index is 2.22. The summed E-state index contributed by atoms with van der Waals surface area (Å²) in [5.74, 6) is 2.11. The number of aromatic nitrogens is 2. The zero-order valence-electron chi connectivity index (χ0n) is 12.4. The second-order valence-corrected chi connectivity index (χ2v) is 5.31. The van der Waals surface area contributed by atoms with Crippen molar-refractivity contribution in [3.05, 3.63) is 48.0 Å². The van der Waals surface area contributed by atoms with E-state index in [1.54, 1.807) is 13.3 Å². The molecule has 20 heavy (non-hydrogen) atoms. The molecule has 2 rings (SSSR count). The Morgan fingerprint density at radius 1 is 1.15 bits per heavy atom. The fraction of sp³-hybridized carbons (Fsp3) is 0.438. The molecule has 0 aliphatic heterocycles. The fourth-order valence-corrected chi connectivity index (χ4v) is 2.35. The van der Waals surface area contributed by atoms with E-state index in [4.69, 9.17) is 4.74 Å². The first kappa shape index (κ1) is 14.6. The number of ether oxygens (including phenoxy) is 1. The number of nitrogens with zero attached hydrogens (tertiary/aromatic N) is 2. The lowest BCUT2D eigenvalue weighted by molar-refractivity contribution is 0.120. The molecule has 0 amide bonds. The topological polar surface area (TPSA) is 47.3 Å². The lowest BCUT2D eigenvalue weighted by Gasteiger charge is -2.23. The molecule has 0 saturated carbocycles. The summed E-state index contributed by atoms with van der Waals surface area (Å²) in [7, 11) is 1.63. The molecule has 2 aromatic rings. The van der Waals surface area contributed by atoms with Crippen LogP contribution in [0.1, 0.15) is 50.2 Å². The van der Waals surface area contributed by atoms with Gasteiger partial charge in [-0.25, -0.2) is 4.98 Å². The van der Waals surface area contributed by atoms with Crippen LogP contribution in [0.4, 0.5) is 0 Å². The van der Waals surface area contributed by atoms with Crippen molar-refractivity contribution in [2.24, 2.45) is 0 Å². The highest BCUT2D eigenvalue weighted by Gasteiger charge is 2.21. The zero-order valence-corrected chi connectivity index (χ0v) is 12.4. The van der Waals surface area contributed by atoms with Crippen LogP contribution in [0.25, 0.3) is 0 Å². The molecule has 2 atom stereocenters. The Morgan fingerprint density at radius 2 is 1.80 bits per heavy atom. The van der Waals surface area contributed by atoms with Crippen LogP contribution in [-0.2, 0) is 0 Å². The van der Waals surface area contributed by atoms with Gasteiger partial charge in [0, 0.05) is 18.3 Å². The molecule has 4 nitrogen and oxygen atoms in total. The smallest absolute Gasteiger partial charge is 0.118 e. The highest BCUT2D eigenvalue weighted by Crippen LogP contribution is 2.29. The normalized spacial score (nSPS) is 14.3. The van der Waals surface area contributed by atoms with Crippen molar-refractivity contribution in [3.8, 4) is 5.75 Å². The summed E-state index contributed by atoms with van der Waals surface area (Å²) in [5.41, 5.74) is 0.877. The number of rotatable bonds is 5. The first-order valence-corrected chi connectivity index (χ1v) is 6.89. The summed E-state index contributed by atoms with van der Waals surface area (Å²) in [6.45, 7) is 6.21. The van der Waals surface area contributed by atoms with Gasteiger partial charge in [0.1, 0.15) is 11.6 Å². The van der Waals surface area contributed by atoms with Crippen LogP contribution in [0, 0.1) is 0 Å². The van der Waals surface area contributed by atoms with E-state index >= 15 is 0 Å². The molecular formula is C16H22N2O2. The van der Waals surface area contributed by atoms with Gasteiger partial charge in [0.05, 0.1) is 19.3 Å². The van der Waals surface area contributed by atoms with Crippen molar-refractivity contribution < 1.29 is 9.84 Å². The minimum absolute atomic E-state index is 0.0664. The van der Waals surface area contributed by atoms with Gasteiger partial charge >= 0.3 is 0 Å². The monoisotopic (exact) mass is 274 g/mol. The summed E-state index contributed by atoms with van der Waals surface area (Å²) >= 11 is 0. The summed E-state index contributed by atoms with van der Waals surface area (Å²) < 4.78 is 7.18. The molecule has 0 spiro atoms. The number of imidazole rings is 1. The molecule has 0 fully saturated rings. The Bertz CT molecular complexity index is 546. The Morgan fingerprint density at radius 3 is 2.35 bits per heavy atom. The van der Waals surface area contributed by atoms with E-state index in [9.17, 15) is 5.11 Å². The van der Waals surface area contributed by atoms with Crippen molar-refractivity contribution in [2.75, 3.05) is 7.11 Å². The van der Waals surface area contributed by atoms with Crippen LogP contribution in [0.2, 0.25) is 0 Å². The minimum atomic E-state index is -0.576.